The Morgan fingerprint density at radius 1 is 0.946 bits per heavy atom. The lowest BCUT2D eigenvalue weighted by Crippen LogP contribution is -2.50. The molecule has 3 aromatic rings. The number of aryl methyl sites for hydroxylation is 3. The van der Waals surface area contributed by atoms with Crippen molar-refractivity contribution in [2.45, 2.75) is 45.2 Å². The highest BCUT2D eigenvalue weighted by Crippen LogP contribution is 2.30. The standard InChI is InChI=1S/C28H32ClN3O4S/c1-19-9-13-25(14-10-19)37(35,36)32(26-16-24(29)12-11-21(26)3)18-27(33)31(22(4)28(34)30-5)17-23-8-6-7-20(2)15-23/h6-16,22H,17-18H2,1-5H3,(H,30,34). The minimum atomic E-state index is -4.14. The number of anilines is 1. The van der Waals surface area contributed by atoms with Crippen molar-refractivity contribution in [2.75, 3.05) is 17.9 Å². The van der Waals surface area contributed by atoms with Gasteiger partial charge in [0.05, 0.1) is 10.6 Å². The van der Waals surface area contributed by atoms with E-state index in [4.69, 9.17) is 11.6 Å². The van der Waals surface area contributed by atoms with Gasteiger partial charge in [0.15, 0.2) is 0 Å². The number of rotatable bonds is 9. The fraction of sp³-hybridized carbons (Fsp3) is 0.286. The number of carbonyl (C=O) groups is 2. The van der Waals surface area contributed by atoms with Crippen LogP contribution in [0.25, 0.3) is 0 Å². The van der Waals surface area contributed by atoms with Crippen molar-refractivity contribution in [1.82, 2.24) is 10.2 Å². The van der Waals surface area contributed by atoms with Crippen LogP contribution >= 0.6 is 11.6 Å². The number of amides is 2. The van der Waals surface area contributed by atoms with E-state index in [1.165, 1.54) is 30.1 Å². The Labute approximate surface area is 224 Å². The Morgan fingerprint density at radius 3 is 2.24 bits per heavy atom. The first-order valence-corrected chi connectivity index (χ1v) is 13.7. The van der Waals surface area contributed by atoms with E-state index in [0.29, 0.717) is 16.3 Å². The number of hydrogen-bond acceptors (Lipinski definition) is 4. The van der Waals surface area contributed by atoms with E-state index in [1.807, 2.05) is 38.1 Å². The Hall–Kier alpha value is -3.36. The van der Waals surface area contributed by atoms with Crippen molar-refractivity contribution in [3.8, 4) is 0 Å². The van der Waals surface area contributed by atoms with Crippen LogP contribution in [0.4, 0.5) is 5.69 Å². The molecule has 196 valence electrons. The molecule has 0 saturated heterocycles. The second kappa shape index (κ2) is 11.8. The molecule has 0 aliphatic carbocycles. The third-order valence-corrected chi connectivity index (χ3v) is 8.19. The van der Waals surface area contributed by atoms with Gasteiger partial charge in [0.2, 0.25) is 11.8 Å². The van der Waals surface area contributed by atoms with Crippen LogP contribution in [-0.2, 0) is 26.2 Å². The lowest BCUT2D eigenvalue weighted by molar-refractivity contribution is -0.139. The molecule has 7 nitrogen and oxygen atoms in total. The zero-order valence-electron chi connectivity index (χ0n) is 21.7. The fourth-order valence-corrected chi connectivity index (χ4v) is 5.64. The second-order valence-electron chi connectivity index (χ2n) is 9.06. The first kappa shape index (κ1) is 28.2. The average molecular weight is 542 g/mol. The quantitative estimate of drug-likeness (QED) is 0.428. The Kier molecular flexibility index (Phi) is 8.99. The number of halogens is 1. The van der Waals surface area contributed by atoms with Gasteiger partial charge in [0.1, 0.15) is 12.6 Å². The normalized spacial score (nSPS) is 12.1. The number of likely N-dealkylation sites (N-methyl/N-ethyl adjacent to an activating group) is 1. The van der Waals surface area contributed by atoms with Crippen LogP contribution in [0.2, 0.25) is 5.02 Å². The van der Waals surface area contributed by atoms with Gasteiger partial charge in [-0.2, -0.15) is 0 Å². The number of hydrogen-bond donors (Lipinski definition) is 1. The number of sulfonamides is 1. The second-order valence-corrected chi connectivity index (χ2v) is 11.4. The summed E-state index contributed by atoms with van der Waals surface area (Å²) in [5.74, 6) is -0.874. The van der Waals surface area contributed by atoms with Gasteiger partial charge < -0.3 is 10.2 Å². The van der Waals surface area contributed by atoms with Crippen LogP contribution in [0.5, 0.6) is 0 Å². The minimum absolute atomic E-state index is 0.0508. The average Bonchev–Trinajstić information content (AvgIpc) is 2.86. The summed E-state index contributed by atoms with van der Waals surface area (Å²) in [5.41, 5.74) is 3.68. The van der Waals surface area contributed by atoms with Crippen molar-refractivity contribution in [3.05, 3.63) is 94.0 Å². The molecule has 1 unspecified atom stereocenters. The number of nitrogens with zero attached hydrogens (tertiary/aromatic N) is 2. The van der Waals surface area contributed by atoms with Gasteiger partial charge in [0, 0.05) is 18.6 Å². The Morgan fingerprint density at radius 2 is 1.62 bits per heavy atom. The van der Waals surface area contributed by atoms with Crippen molar-refractivity contribution in [1.29, 1.82) is 0 Å². The number of carbonyl (C=O) groups excluding carboxylic acids is 2. The van der Waals surface area contributed by atoms with E-state index in [0.717, 1.165) is 21.0 Å². The number of nitrogens with one attached hydrogen (secondary N) is 1. The highest BCUT2D eigenvalue weighted by Gasteiger charge is 2.33. The van der Waals surface area contributed by atoms with Gasteiger partial charge in [-0.1, -0.05) is 65.2 Å². The summed E-state index contributed by atoms with van der Waals surface area (Å²) in [6.07, 6.45) is 0. The molecule has 0 saturated carbocycles. The smallest absolute Gasteiger partial charge is 0.264 e. The molecule has 37 heavy (non-hydrogen) atoms. The zero-order valence-corrected chi connectivity index (χ0v) is 23.2. The van der Waals surface area contributed by atoms with E-state index in [1.54, 1.807) is 38.1 Å². The first-order valence-electron chi connectivity index (χ1n) is 11.9. The summed E-state index contributed by atoms with van der Waals surface area (Å²) < 4.78 is 28.8. The molecule has 3 rings (SSSR count). The molecular weight excluding hydrogens is 510 g/mol. The molecule has 0 fully saturated rings. The summed E-state index contributed by atoms with van der Waals surface area (Å²) in [6, 6.07) is 18.1. The SMILES string of the molecule is CNC(=O)C(C)N(Cc1cccc(C)c1)C(=O)CN(c1cc(Cl)ccc1C)S(=O)(=O)c1ccc(C)cc1. The Bertz CT molecular complexity index is 1390. The van der Waals surface area contributed by atoms with Crippen LogP contribution in [0.1, 0.15) is 29.2 Å². The molecule has 0 spiro atoms. The molecule has 0 bridgehead atoms. The van der Waals surface area contributed by atoms with E-state index in [9.17, 15) is 18.0 Å². The summed E-state index contributed by atoms with van der Waals surface area (Å²) in [6.45, 7) is 6.81. The molecule has 0 radical (unpaired) electrons. The van der Waals surface area contributed by atoms with Crippen LogP contribution < -0.4 is 9.62 Å². The predicted octanol–water partition coefficient (Wildman–Crippen LogP) is 4.62. The van der Waals surface area contributed by atoms with Gasteiger partial charge in [-0.15, -0.1) is 0 Å². The van der Waals surface area contributed by atoms with E-state index in [-0.39, 0.29) is 17.3 Å². The molecule has 1 atom stereocenters. The van der Waals surface area contributed by atoms with Crippen molar-refractivity contribution >= 4 is 39.1 Å². The lowest BCUT2D eigenvalue weighted by Gasteiger charge is -2.32. The van der Waals surface area contributed by atoms with E-state index in [2.05, 4.69) is 5.32 Å². The maximum atomic E-state index is 13.9. The summed E-state index contributed by atoms with van der Waals surface area (Å²) in [4.78, 5) is 27.8. The van der Waals surface area contributed by atoms with Crippen LogP contribution in [0.3, 0.4) is 0 Å². The molecule has 1 N–H and O–H groups in total. The predicted molar refractivity (Wildman–Crippen MR) is 147 cm³/mol. The third-order valence-electron chi connectivity index (χ3n) is 6.18. The Balaban J connectivity index is 2.08. The van der Waals surface area contributed by atoms with Crippen molar-refractivity contribution in [3.63, 3.8) is 0 Å². The fourth-order valence-electron chi connectivity index (χ4n) is 4.00. The molecule has 0 aromatic heterocycles. The van der Waals surface area contributed by atoms with Crippen LogP contribution in [-0.4, -0.2) is 44.8 Å². The lowest BCUT2D eigenvalue weighted by atomic mass is 10.1. The van der Waals surface area contributed by atoms with Crippen LogP contribution in [0, 0.1) is 20.8 Å². The molecule has 0 aliphatic rings. The number of benzene rings is 3. The molecular formula is C28H32ClN3O4S. The van der Waals surface area contributed by atoms with Crippen LogP contribution in [0.15, 0.2) is 71.6 Å². The van der Waals surface area contributed by atoms with Gasteiger partial charge in [-0.3, -0.25) is 13.9 Å². The third kappa shape index (κ3) is 6.70. The maximum Gasteiger partial charge on any atom is 0.264 e. The highest BCUT2D eigenvalue weighted by atomic mass is 35.5. The molecule has 0 heterocycles. The van der Waals surface area contributed by atoms with E-state index >= 15 is 0 Å². The summed E-state index contributed by atoms with van der Waals surface area (Å²) in [5, 5.41) is 2.92. The topological polar surface area (TPSA) is 86.8 Å². The van der Waals surface area contributed by atoms with Gasteiger partial charge in [0.25, 0.3) is 10.0 Å². The zero-order chi connectivity index (χ0) is 27.3. The first-order chi connectivity index (χ1) is 17.4. The minimum Gasteiger partial charge on any atom is -0.357 e. The summed E-state index contributed by atoms with van der Waals surface area (Å²) >= 11 is 6.24. The maximum absolute atomic E-state index is 13.9. The highest BCUT2D eigenvalue weighted by molar-refractivity contribution is 7.92. The largest absolute Gasteiger partial charge is 0.357 e. The monoisotopic (exact) mass is 541 g/mol. The van der Waals surface area contributed by atoms with E-state index < -0.39 is 28.5 Å². The van der Waals surface area contributed by atoms with Gasteiger partial charge in [-0.05, 0) is 63.1 Å². The molecule has 2 amide bonds. The van der Waals surface area contributed by atoms with Crippen molar-refractivity contribution < 1.29 is 18.0 Å². The van der Waals surface area contributed by atoms with Gasteiger partial charge >= 0.3 is 0 Å². The molecule has 0 aliphatic heterocycles. The van der Waals surface area contributed by atoms with Gasteiger partial charge in [-0.25, -0.2) is 8.42 Å². The molecule has 9 heteroatoms. The molecule has 3 aromatic carbocycles. The summed E-state index contributed by atoms with van der Waals surface area (Å²) in [7, 11) is -2.65. The van der Waals surface area contributed by atoms with Crippen molar-refractivity contribution in [2.24, 2.45) is 0 Å².